The van der Waals surface area contributed by atoms with Crippen molar-refractivity contribution in [2.75, 3.05) is 19.4 Å². The van der Waals surface area contributed by atoms with Crippen LogP contribution in [-0.2, 0) is 6.54 Å². The second kappa shape index (κ2) is 7.09. The third-order valence-electron chi connectivity index (χ3n) is 3.03. The molecule has 110 valence electrons. The number of para-hydroxylation sites is 1. The van der Waals surface area contributed by atoms with Gasteiger partial charge in [-0.25, -0.2) is 0 Å². The molecule has 0 bridgehead atoms. The van der Waals surface area contributed by atoms with Gasteiger partial charge in [0.2, 0.25) is 0 Å². The first-order valence-corrected chi connectivity index (χ1v) is 8.06. The molecule has 21 heavy (non-hydrogen) atoms. The van der Waals surface area contributed by atoms with Crippen molar-refractivity contribution in [3.8, 4) is 0 Å². The van der Waals surface area contributed by atoms with Gasteiger partial charge in [-0.2, -0.15) is 0 Å². The topological polar surface area (TPSA) is 32.3 Å². The number of nitrogens with zero attached hydrogens (tertiary/aromatic N) is 1. The number of halogens is 2. The van der Waals surface area contributed by atoms with Crippen LogP contribution >= 0.6 is 31.9 Å². The fraction of sp³-hybridized carbons (Fsp3) is 0.188. The van der Waals surface area contributed by atoms with Gasteiger partial charge in [-0.1, -0.05) is 18.2 Å². The van der Waals surface area contributed by atoms with Crippen molar-refractivity contribution in [1.82, 2.24) is 4.90 Å². The van der Waals surface area contributed by atoms with Gasteiger partial charge in [0.25, 0.3) is 5.91 Å². The molecular formula is C16H16Br2N2O. The SMILES string of the molecule is CN(C)C(=O)c1ccccc1NCc1ccc(Br)c(Br)c1. The Hall–Kier alpha value is -1.33. The van der Waals surface area contributed by atoms with Crippen LogP contribution in [0.1, 0.15) is 15.9 Å². The van der Waals surface area contributed by atoms with Gasteiger partial charge in [0.15, 0.2) is 0 Å². The maximum atomic E-state index is 12.1. The predicted octanol–water partition coefficient (Wildman–Crippen LogP) is 4.53. The summed E-state index contributed by atoms with van der Waals surface area (Å²) in [5, 5.41) is 3.33. The third-order valence-corrected chi connectivity index (χ3v) is 4.91. The molecule has 0 heterocycles. The summed E-state index contributed by atoms with van der Waals surface area (Å²) in [6.45, 7) is 0.656. The number of carbonyl (C=O) groups excluding carboxylic acids is 1. The molecule has 0 spiro atoms. The van der Waals surface area contributed by atoms with Crippen LogP contribution in [0.4, 0.5) is 5.69 Å². The highest BCUT2D eigenvalue weighted by Gasteiger charge is 2.12. The average Bonchev–Trinajstić information content (AvgIpc) is 2.48. The van der Waals surface area contributed by atoms with Gasteiger partial charge >= 0.3 is 0 Å². The highest BCUT2D eigenvalue weighted by atomic mass is 79.9. The molecule has 1 N–H and O–H groups in total. The van der Waals surface area contributed by atoms with Crippen molar-refractivity contribution in [3.63, 3.8) is 0 Å². The molecule has 2 rings (SSSR count). The lowest BCUT2D eigenvalue weighted by molar-refractivity contribution is 0.0828. The molecule has 0 atom stereocenters. The maximum absolute atomic E-state index is 12.1. The Bertz CT molecular complexity index is 656. The Kier molecular flexibility index (Phi) is 5.42. The Morgan fingerprint density at radius 2 is 1.81 bits per heavy atom. The molecule has 0 aliphatic rings. The first-order chi connectivity index (χ1) is 9.99. The van der Waals surface area contributed by atoms with Crippen LogP contribution in [-0.4, -0.2) is 24.9 Å². The molecular weight excluding hydrogens is 396 g/mol. The minimum atomic E-state index is -0.00455. The van der Waals surface area contributed by atoms with E-state index < -0.39 is 0 Å². The Morgan fingerprint density at radius 1 is 1.10 bits per heavy atom. The average molecular weight is 412 g/mol. The lowest BCUT2D eigenvalue weighted by Crippen LogP contribution is -2.22. The van der Waals surface area contributed by atoms with E-state index in [9.17, 15) is 4.79 Å². The van der Waals surface area contributed by atoms with Crippen molar-refractivity contribution in [3.05, 3.63) is 62.5 Å². The zero-order valence-electron chi connectivity index (χ0n) is 11.9. The zero-order valence-corrected chi connectivity index (χ0v) is 15.0. The summed E-state index contributed by atoms with van der Waals surface area (Å²) in [7, 11) is 3.51. The maximum Gasteiger partial charge on any atom is 0.255 e. The molecule has 3 nitrogen and oxygen atoms in total. The van der Waals surface area contributed by atoms with E-state index in [0.29, 0.717) is 12.1 Å². The van der Waals surface area contributed by atoms with Gasteiger partial charge < -0.3 is 10.2 Å². The standard InChI is InChI=1S/C16H16Br2N2O/c1-20(2)16(21)12-5-3-4-6-15(12)19-10-11-7-8-13(17)14(18)9-11/h3-9,19H,10H2,1-2H3. The number of benzene rings is 2. The molecule has 5 heteroatoms. The quantitative estimate of drug-likeness (QED) is 0.801. The Labute approximate surface area is 141 Å². The van der Waals surface area contributed by atoms with Crippen molar-refractivity contribution < 1.29 is 4.79 Å². The highest BCUT2D eigenvalue weighted by molar-refractivity contribution is 9.13. The van der Waals surface area contributed by atoms with E-state index in [1.165, 1.54) is 0 Å². The van der Waals surface area contributed by atoms with Gasteiger partial charge in [-0.3, -0.25) is 4.79 Å². The fourth-order valence-electron chi connectivity index (χ4n) is 1.91. The van der Waals surface area contributed by atoms with Crippen molar-refractivity contribution in [2.45, 2.75) is 6.54 Å². The van der Waals surface area contributed by atoms with Crippen LogP contribution in [0.25, 0.3) is 0 Å². The number of carbonyl (C=O) groups is 1. The van der Waals surface area contributed by atoms with Crippen molar-refractivity contribution in [1.29, 1.82) is 0 Å². The van der Waals surface area contributed by atoms with Crippen molar-refractivity contribution >= 4 is 43.5 Å². The van der Waals surface area contributed by atoms with E-state index in [2.05, 4.69) is 37.2 Å². The molecule has 1 amide bonds. The smallest absolute Gasteiger partial charge is 0.255 e. The summed E-state index contributed by atoms with van der Waals surface area (Å²) in [6, 6.07) is 13.6. The van der Waals surface area contributed by atoms with Gasteiger partial charge in [-0.05, 0) is 61.7 Å². The third kappa shape index (κ3) is 4.08. The summed E-state index contributed by atoms with van der Waals surface area (Å²) >= 11 is 6.95. The molecule has 0 aromatic heterocycles. The summed E-state index contributed by atoms with van der Waals surface area (Å²) < 4.78 is 2.04. The van der Waals surface area contributed by atoms with E-state index in [1.54, 1.807) is 19.0 Å². The molecule has 0 fully saturated rings. The largest absolute Gasteiger partial charge is 0.380 e. The number of hydrogen-bond acceptors (Lipinski definition) is 2. The number of anilines is 1. The van der Waals surface area contributed by atoms with E-state index in [1.807, 2.05) is 42.5 Å². The number of hydrogen-bond donors (Lipinski definition) is 1. The molecule has 0 unspecified atom stereocenters. The Balaban J connectivity index is 2.16. The van der Waals surface area contributed by atoms with Crippen LogP contribution in [0.2, 0.25) is 0 Å². The summed E-state index contributed by atoms with van der Waals surface area (Å²) in [4.78, 5) is 13.7. The fourth-order valence-corrected chi connectivity index (χ4v) is 2.58. The lowest BCUT2D eigenvalue weighted by atomic mass is 10.1. The van der Waals surface area contributed by atoms with Crippen LogP contribution in [0.5, 0.6) is 0 Å². The molecule has 0 radical (unpaired) electrons. The van der Waals surface area contributed by atoms with Crippen LogP contribution in [0.3, 0.4) is 0 Å². The number of amides is 1. The monoisotopic (exact) mass is 410 g/mol. The van der Waals surface area contributed by atoms with E-state index in [4.69, 9.17) is 0 Å². The van der Waals surface area contributed by atoms with Gasteiger partial charge in [0, 0.05) is 35.3 Å². The summed E-state index contributed by atoms with van der Waals surface area (Å²) in [5.41, 5.74) is 2.66. The molecule has 0 saturated heterocycles. The first-order valence-electron chi connectivity index (χ1n) is 6.47. The normalized spacial score (nSPS) is 10.3. The highest BCUT2D eigenvalue weighted by Crippen LogP contribution is 2.24. The summed E-state index contributed by atoms with van der Waals surface area (Å²) in [5.74, 6) is -0.00455. The molecule has 0 saturated carbocycles. The predicted molar refractivity (Wildman–Crippen MR) is 93.6 cm³/mol. The lowest BCUT2D eigenvalue weighted by Gasteiger charge is -2.15. The van der Waals surface area contributed by atoms with E-state index in [0.717, 1.165) is 20.2 Å². The summed E-state index contributed by atoms with van der Waals surface area (Å²) in [6.07, 6.45) is 0. The minimum Gasteiger partial charge on any atom is -0.380 e. The van der Waals surface area contributed by atoms with Crippen LogP contribution < -0.4 is 5.32 Å². The molecule has 0 aliphatic carbocycles. The van der Waals surface area contributed by atoms with Crippen LogP contribution in [0.15, 0.2) is 51.4 Å². The van der Waals surface area contributed by atoms with Crippen LogP contribution in [0, 0.1) is 0 Å². The first kappa shape index (κ1) is 16.0. The second-order valence-corrected chi connectivity index (χ2v) is 6.56. The molecule has 0 aliphatic heterocycles. The molecule has 2 aromatic rings. The second-order valence-electron chi connectivity index (χ2n) is 4.85. The Morgan fingerprint density at radius 3 is 2.48 bits per heavy atom. The van der Waals surface area contributed by atoms with Crippen molar-refractivity contribution in [2.24, 2.45) is 0 Å². The minimum absolute atomic E-state index is 0.00455. The zero-order chi connectivity index (χ0) is 15.4. The number of nitrogens with one attached hydrogen (secondary N) is 1. The molecule has 2 aromatic carbocycles. The van der Waals surface area contributed by atoms with Gasteiger partial charge in [-0.15, -0.1) is 0 Å². The van der Waals surface area contributed by atoms with Gasteiger partial charge in [0.1, 0.15) is 0 Å². The number of rotatable bonds is 4. The van der Waals surface area contributed by atoms with E-state index in [-0.39, 0.29) is 5.91 Å². The van der Waals surface area contributed by atoms with E-state index >= 15 is 0 Å². The van der Waals surface area contributed by atoms with Gasteiger partial charge in [0.05, 0.1) is 5.56 Å².